The quantitative estimate of drug-likeness (QED) is 0.761. The lowest BCUT2D eigenvalue weighted by atomic mass is 10.2. The van der Waals surface area contributed by atoms with Gasteiger partial charge in [0.25, 0.3) is 0 Å². The molecule has 2 rings (SSSR count). The molecule has 5 heteroatoms. The lowest BCUT2D eigenvalue weighted by molar-refractivity contribution is 0.252. The highest BCUT2D eigenvalue weighted by atomic mass is 32.1. The lowest BCUT2D eigenvalue weighted by Gasteiger charge is -2.22. The van der Waals surface area contributed by atoms with Crippen LogP contribution in [0.5, 0.6) is 0 Å². The molecule has 0 unspecified atom stereocenters. The molecule has 0 aliphatic heterocycles. The predicted octanol–water partition coefficient (Wildman–Crippen LogP) is 3.03. The second-order valence-corrected chi connectivity index (χ2v) is 5.64. The molecular weight excluding hydrogens is 256 g/mol. The van der Waals surface area contributed by atoms with Crippen LogP contribution in [-0.4, -0.2) is 26.7 Å². The number of aromatic nitrogens is 3. The third-order valence-corrected chi connectivity index (χ3v) is 4.20. The zero-order valence-electron chi connectivity index (χ0n) is 11.7. The van der Waals surface area contributed by atoms with E-state index in [1.165, 1.54) is 5.56 Å². The number of aryl methyl sites for hydroxylation is 1. The number of allylic oxidation sites excluding steroid dienone is 1. The van der Waals surface area contributed by atoms with Gasteiger partial charge in [-0.3, -0.25) is 9.58 Å². The fourth-order valence-electron chi connectivity index (χ4n) is 1.98. The van der Waals surface area contributed by atoms with E-state index >= 15 is 0 Å². The number of hydrogen-bond acceptors (Lipinski definition) is 4. The maximum atomic E-state index is 4.48. The Morgan fingerprint density at radius 2 is 2.37 bits per heavy atom. The van der Waals surface area contributed by atoms with Crippen LogP contribution in [0.4, 0.5) is 0 Å². The van der Waals surface area contributed by atoms with Crippen molar-refractivity contribution in [3.63, 3.8) is 0 Å². The third-order valence-electron chi connectivity index (χ3n) is 3.25. The van der Waals surface area contributed by atoms with Crippen molar-refractivity contribution in [2.45, 2.75) is 33.0 Å². The van der Waals surface area contributed by atoms with Crippen LogP contribution >= 0.6 is 11.3 Å². The predicted molar refractivity (Wildman–Crippen MR) is 79.2 cm³/mol. The molecule has 0 aliphatic rings. The Morgan fingerprint density at radius 3 is 3.00 bits per heavy atom. The van der Waals surface area contributed by atoms with E-state index in [1.807, 2.05) is 22.3 Å². The van der Waals surface area contributed by atoms with Crippen LogP contribution in [0.2, 0.25) is 0 Å². The van der Waals surface area contributed by atoms with Crippen LogP contribution in [0, 0.1) is 6.92 Å². The van der Waals surface area contributed by atoms with Gasteiger partial charge in [-0.1, -0.05) is 6.08 Å². The number of rotatable bonds is 6. The molecule has 2 aromatic heterocycles. The fourth-order valence-corrected chi connectivity index (χ4v) is 2.73. The number of nitrogens with zero attached hydrogens (tertiary/aromatic N) is 4. The van der Waals surface area contributed by atoms with Crippen molar-refractivity contribution >= 4 is 11.3 Å². The van der Waals surface area contributed by atoms with Crippen LogP contribution in [-0.2, 0) is 13.1 Å². The monoisotopic (exact) mass is 276 g/mol. The summed E-state index contributed by atoms with van der Waals surface area (Å²) in [6.45, 7) is 9.61. The standard InChI is InChI=1S/C14H20N4S/c1-5-7-18-10-13(11(2)16-18)9-17(4)12(3)14-15-6-8-19-14/h5-6,8,10,12H,1,7,9H2,2-4H3/t12-/m1/s1. The fraction of sp³-hybridized carbons (Fsp3) is 0.429. The molecule has 0 radical (unpaired) electrons. The Kier molecular flexibility index (Phi) is 4.50. The first-order valence-corrected chi connectivity index (χ1v) is 7.23. The topological polar surface area (TPSA) is 34.0 Å². The normalized spacial score (nSPS) is 12.8. The summed E-state index contributed by atoms with van der Waals surface area (Å²) < 4.78 is 1.93. The molecule has 4 nitrogen and oxygen atoms in total. The van der Waals surface area contributed by atoms with Gasteiger partial charge in [-0.15, -0.1) is 17.9 Å². The Labute approximate surface area is 118 Å². The highest BCUT2D eigenvalue weighted by molar-refractivity contribution is 7.09. The largest absolute Gasteiger partial charge is 0.293 e. The van der Waals surface area contributed by atoms with Crippen LogP contribution < -0.4 is 0 Å². The summed E-state index contributed by atoms with van der Waals surface area (Å²) in [6, 6.07) is 0.321. The van der Waals surface area contributed by atoms with E-state index in [2.05, 4.69) is 48.7 Å². The summed E-state index contributed by atoms with van der Waals surface area (Å²) in [5.41, 5.74) is 2.34. The Bertz CT molecular complexity index is 530. The first kappa shape index (κ1) is 14.0. The first-order valence-electron chi connectivity index (χ1n) is 6.35. The second kappa shape index (κ2) is 6.12. The van der Waals surface area contributed by atoms with Crippen molar-refractivity contribution in [1.82, 2.24) is 19.7 Å². The third kappa shape index (κ3) is 3.30. The smallest absolute Gasteiger partial charge is 0.109 e. The minimum atomic E-state index is 0.321. The van der Waals surface area contributed by atoms with Crippen LogP contribution in [0.1, 0.15) is 29.2 Å². The summed E-state index contributed by atoms with van der Waals surface area (Å²) in [4.78, 5) is 6.67. The lowest BCUT2D eigenvalue weighted by Crippen LogP contribution is -2.21. The summed E-state index contributed by atoms with van der Waals surface area (Å²) >= 11 is 1.70. The summed E-state index contributed by atoms with van der Waals surface area (Å²) in [5.74, 6) is 0. The highest BCUT2D eigenvalue weighted by Crippen LogP contribution is 2.22. The molecular formula is C14H20N4S. The van der Waals surface area contributed by atoms with Crippen molar-refractivity contribution in [2.24, 2.45) is 0 Å². The molecule has 0 bridgehead atoms. The van der Waals surface area contributed by atoms with E-state index in [9.17, 15) is 0 Å². The molecule has 1 atom stereocenters. The zero-order valence-corrected chi connectivity index (χ0v) is 12.5. The van der Waals surface area contributed by atoms with Crippen LogP contribution in [0.3, 0.4) is 0 Å². The SMILES string of the molecule is C=CCn1cc(CN(C)[C@H](C)c2nccs2)c(C)n1. The van der Waals surface area contributed by atoms with Gasteiger partial charge in [0.05, 0.1) is 18.3 Å². The summed E-state index contributed by atoms with van der Waals surface area (Å²) in [7, 11) is 2.12. The zero-order chi connectivity index (χ0) is 13.8. The van der Waals surface area contributed by atoms with E-state index in [4.69, 9.17) is 0 Å². The molecule has 2 aromatic rings. The van der Waals surface area contributed by atoms with Gasteiger partial charge in [0.2, 0.25) is 0 Å². The van der Waals surface area contributed by atoms with E-state index in [0.29, 0.717) is 6.04 Å². The molecule has 0 spiro atoms. The van der Waals surface area contributed by atoms with E-state index < -0.39 is 0 Å². The molecule has 2 heterocycles. The van der Waals surface area contributed by atoms with Gasteiger partial charge >= 0.3 is 0 Å². The van der Waals surface area contributed by atoms with Gasteiger partial charge in [-0.2, -0.15) is 5.10 Å². The molecule has 0 saturated carbocycles. The molecule has 0 saturated heterocycles. The number of thiazole rings is 1. The minimum Gasteiger partial charge on any atom is -0.293 e. The van der Waals surface area contributed by atoms with Gasteiger partial charge in [-0.25, -0.2) is 4.98 Å². The second-order valence-electron chi connectivity index (χ2n) is 4.71. The van der Waals surface area contributed by atoms with E-state index in [1.54, 1.807) is 11.3 Å². The molecule has 0 aromatic carbocycles. The molecule has 0 N–H and O–H groups in total. The average molecular weight is 276 g/mol. The van der Waals surface area contributed by atoms with Gasteiger partial charge in [0.1, 0.15) is 5.01 Å². The maximum Gasteiger partial charge on any atom is 0.109 e. The summed E-state index contributed by atoms with van der Waals surface area (Å²) in [6.07, 6.45) is 5.82. The van der Waals surface area contributed by atoms with Gasteiger partial charge in [0.15, 0.2) is 0 Å². The van der Waals surface area contributed by atoms with E-state index in [-0.39, 0.29) is 0 Å². The first-order chi connectivity index (χ1) is 9.11. The Morgan fingerprint density at radius 1 is 1.58 bits per heavy atom. The molecule has 0 aliphatic carbocycles. The molecule has 0 amide bonds. The molecule has 0 fully saturated rings. The van der Waals surface area contributed by atoms with Crippen molar-refractivity contribution in [3.8, 4) is 0 Å². The molecule has 102 valence electrons. The maximum absolute atomic E-state index is 4.48. The number of hydrogen-bond donors (Lipinski definition) is 0. The van der Waals surface area contributed by atoms with Crippen molar-refractivity contribution in [1.29, 1.82) is 0 Å². The highest BCUT2D eigenvalue weighted by Gasteiger charge is 2.16. The van der Waals surface area contributed by atoms with E-state index in [0.717, 1.165) is 23.8 Å². The van der Waals surface area contributed by atoms with Gasteiger partial charge in [-0.05, 0) is 20.9 Å². The minimum absolute atomic E-state index is 0.321. The van der Waals surface area contributed by atoms with Crippen molar-refractivity contribution in [3.05, 3.63) is 46.7 Å². The van der Waals surface area contributed by atoms with Crippen molar-refractivity contribution < 1.29 is 0 Å². The Hall–Kier alpha value is -1.46. The van der Waals surface area contributed by atoms with Crippen molar-refractivity contribution in [2.75, 3.05) is 7.05 Å². The van der Waals surface area contributed by atoms with Gasteiger partial charge < -0.3 is 0 Å². The summed E-state index contributed by atoms with van der Waals surface area (Å²) in [5, 5.41) is 7.65. The van der Waals surface area contributed by atoms with Crippen LogP contribution in [0.15, 0.2) is 30.4 Å². The molecule has 19 heavy (non-hydrogen) atoms. The van der Waals surface area contributed by atoms with Gasteiger partial charge in [0, 0.05) is 29.9 Å². The average Bonchev–Trinajstić information content (AvgIpc) is 3.00. The Balaban J connectivity index is 2.06. The van der Waals surface area contributed by atoms with Crippen LogP contribution in [0.25, 0.3) is 0 Å².